The van der Waals surface area contributed by atoms with Crippen molar-refractivity contribution in [3.63, 3.8) is 0 Å². The first-order valence-corrected chi connectivity index (χ1v) is 8.45. The maximum Gasteiger partial charge on any atom is 0.244 e. The third kappa shape index (κ3) is 4.14. The van der Waals surface area contributed by atoms with Crippen molar-refractivity contribution in [2.24, 2.45) is 0 Å². The highest BCUT2D eigenvalue weighted by Crippen LogP contribution is 2.28. The molecule has 23 heavy (non-hydrogen) atoms. The molecule has 0 atom stereocenters. The van der Waals surface area contributed by atoms with Crippen LogP contribution in [0.5, 0.6) is 17.2 Å². The summed E-state index contributed by atoms with van der Waals surface area (Å²) < 4.78 is 37.5. The van der Waals surface area contributed by atoms with Crippen LogP contribution in [-0.4, -0.2) is 34.3 Å². The van der Waals surface area contributed by atoms with Crippen molar-refractivity contribution in [2.45, 2.75) is 11.3 Å². The predicted octanol–water partition coefficient (Wildman–Crippen LogP) is 1.93. The quantitative estimate of drug-likeness (QED) is 0.806. The lowest BCUT2D eigenvalue weighted by molar-refractivity contribution is 0.386. The average Bonchev–Trinajstić information content (AvgIpc) is 2.55. The molecule has 0 aliphatic heterocycles. The van der Waals surface area contributed by atoms with Crippen LogP contribution in [0.25, 0.3) is 0 Å². The van der Waals surface area contributed by atoms with Gasteiger partial charge in [-0.1, -0.05) is 18.2 Å². The van der Waals surface area contributed by atoms with E-state index < -0.39 is 10.0 Å². The Bertz CT molecular complexity index is 774. The van der Waals surface area contributed by atoms with Gasteiger partial charge in [-0.05, 0) is 30.2 Å². The van der Waals surface area contributed by atoms with Crippen LogP contribution in [-0.2, 0) is 16.4 Å². The average molecular weight is 337 g/mol. The molecule has 2 aromatic carbocycles. The van der Waals surface area contributed by atoms with Gasteiger partial charge in [0.2, 0.25) is 10.0 Å². The van der Waals surface area contributed by atoms with Crippen LogP contribution in [0.3, 0.4) is 0 Å². The number of benzene rings is 2. The van der Waals surface area contributed by atoms with Crippen LogP contribution in [0.2, 0.25) is 0 Å². The minimum atomic E-state index is -3.72. The van der Waals surface area contributed by atoms with Gasteiger partial charge in [0.15, 0.2) is 0 Å². The zero-order chi connectivity index (χ0) is 16.9. The van der Waals surface area contributed by atoms with E-state index in [2.05, 4.69) is 4.72 Å². The molecule has 0 fully saturated rings. The topological polar surface area (TPSA) is 84.9 Å². The first-order valence-electron chi connectivity index (χ1n) is 6.96. The number of methoxy groups -OCH3 is 2. The van der Waals surface area contributed by atoms with E-state index in [-0.39, 0.29) is 22.9 Å². The Hall–Kier alpha value is -2.25. The fourth-order valence-electron chi connectivity index (χ4n) is 2.12. The Labute approximate surface area is 135 Å². The Morgan fingerprint density at radius 3 is 2.48 bits per heavy atom. The zero-order valence-corrected chi connectivity index (χ0v) is 13.8. The Morgan fingerprint density at radius 2 is 1.83 bits per heavy atom. The second-order valence-corrected chi connectivity index (χ2v) is 6.53. The molecule has 0 aliphatic rings. The van der Waals surface area contributed by atoms with Gasteiger partial charge >= 0.3 is 0 Å². The van der Waals surface area contributed by atoms with Gasteiger partial charge in [-0.15, -0.1) is 0 Å². The summed E-state index contributed by atoms with van der Waals surface area (Å²) in [7, 11) is -0.831. The molecule has 0 radical (unpaired) electrons. The Morgan fingerprint density at radius 1 is 1.09 bits per heavy atom. The van der Waals surface area contributed by atoms with Gasteiger partial charge in [0.05, 0.1) is 14.2 Å². The molecule has 6 nitrogen and oxygen atoms in total. The minimum absolute atomic E-state index is 0.0399. The second kappa shape index (κ2) is 7.34. The summed E-state index contributed by atoms with van der Waals surface area (Å²) in [6, 6.07) is 11.3. The molecule has 0 bridgehead atoms. The lowest BCUT2D eigenvalue weighted by atomic mass is 10.1. The summed E-state index contributed by atoms with van der Waals surface area (Å²) in [5.74, 6) is 0.864. The highest BCUT2D eigenvalue weighted by Gasteiger charge is 2.19. The molecule has 0 spiro atoms. The number of rotatable bonds is 7. The van der Waals surface area contributed by atoms with Gasteiger partial charge in [-0.2, -0.15) is 0 Å². The van der Waals surface area contributed by atoms with Crippen molar-refractivity contribution < 1.29 is 23.0 Å². The van der Waals surface area contributed by atoms with Crippen LogP contribution in [0.1, 0.15) is 5.56 Å². The van der Waals surface area contributed by atoms with Crippen LogP contribution in [0, 0.1) is 0 Å². The molecule has 2 aromatic rings. The van der Waals surface area contributed by atoms with E-state index in [4.69, 9.17) is 9.47 Å². The van der Waals surface area contributed by atoms with E-state index in [1.54, 1.807) is 30.3 Å². The van der Waals surface area contributed by atoms with Crippen molar-refractivity contribution in [3.05, 3.63) is 48.0 Å². The normalized spacial score (nSPS) is 11.2. The number of nitrogens with one attached hydrogen (secondary N) is 1. The fourth-order valence-corrected chi connectivity index (χ4v) is 3.30. The van der Waals surface area contributed by atoms with Crippen molar-refractivity contribution >= 4 is 10.0 Å². The van der Waals surface area contributed by atoms with E-state index in [0.717, 1.165) is 0 Å². The number of aromatic hydroxyl groups is 1. The van der Waals surface area contributed by atoms with Crippen molar-refractivity contribution in [2.75, 3.05) is 20.8 Å². The highest BCUT2D eigenvalue weighted by molar-refractivity contribution is 7.89. The molecule has 0 heterocycles. The molecule has 0 unspecified atom stereocenters. The molecule has 124 valence electrons. The fraction of sp³-hybridized carbons (Fsp3) is 0.250. The highest BCUT2D eigenvalue weighted by atomic mass is 32.2. The number of phenolic OH excluding ortho intramolecular Hbond substituents is 1. The maximum absolute atomic E-state index is 12.4. The molecular formula is C16H19NO5S. The zero-order valence-electron chi connectivity index (χ0n) is 12.9. The lowest BCUT2D eigenvalue weighted by Gasteiger charge is -2.12. The maximum atomic E-state index is 12.4. The summed E-state index contributed by atoms with van der Waals surface area (Å²) in [6.45, 7) is 0.162. The summed E-state index contributed by atoms with van der Waals surface area (Å²) in [4.78, 5) is 0.0399. The lowest BCUT2D eigenvalue weighted by Crippen LogP contribution is -2.26. The third-order valence-electron chi connectivity index (χ3n) is 3.34. The minimum Gasteiger partial charge on any atom is -0.508 e. The monoisotopic (exact) mass is 337 g/mol. The standard InChI is InChI=1S/C16H19NO5S/c1-21-13-7-8-16(15(11-13)22-2)23(19,20)17-10-9-12-5-3-4-6-14(12)18/h3-8,11,17-18H,9-10H2,1-2H3. The van der Waals surface area contributed by atoms with Gasteiger partial charge in [-0.25, -0.2) is 13.1 Å². The smallest absolute Gasteiger partial charge is 0.244 e. The van der Waals surface area contributed by atoms with Crippen molar-refractivity contribution in [3.8, 4) is 17.2 Å². The third-order valence-corrected chi connectivity index (χ3v) is 4.84. The van der Waals surface area contributed by atoms with Crippen LogP contribution in [0.4, 0.5) is 0 Å². The summed E-state index contributed by atoms with van der Waals surface area (Å²) in [5, 5.41) is 9.69. The van der Waals surface area contributed by atoms with E-state index in [1.807, 2.05) is 0 Å². The predicted molar refractivity (Wildman–Crippen MR) is 86.5 cm³/mol. The number of phenols is 1. The van der Waals surface area contributed by atoms with Gasteiger partial charge < -0.3 is 14.6 Å². The van der Waals surface area contributed by atoms with Crippen LogP contribution in [0.15, 0.2) is 47.4 Å². The van der Waals surface area contributed by atoms with Crippen LogP contribution >= 0.6 is 0 Å². The summed E-state index contributed by atoms with van der Waals surface area (Å²) in [5.41, 5.74) is 0.678. The molecule has 0 amide bonds. The van der Waals surface area contributed by atoms with E-state index in [9.17, 15) is 13.5 Å². The first kappa shape index (κ1) is 17.1. The Balaban J connectivity index is 2.12. The molecule has 0 saturated carbocycles. The van der Waals surface area contributed by atoms with Crippen molar-refractivity contribution in [1.82, 2.24) is 4.72 Å². The van der Waals surface area contributed by atoms with E-state index in [0.29, 0.717) is 17.7 Å². The number of sulfonamides is 1. The number of hydrogen-bond acceptors (Lipinski definition) is 5. The van der Waals surface area contributed by atoms with Gasteiger partial charge in [-0.3, -0.25) is 0 Å². The molecule has 2 rings (SSSR count). The Kier molecular flexibility index (Phi) is 5.46. The second-order valence-electron chi connectivity index (χ2n) is 4.79. The molecule has 2 N–H and O–H groups in total. The molecule has 0 saturated heterocycles. The summed E-state index contributed by atoms with van der Waals surface area (Å²) >= 11 is 0. The van der Waals surface area contributed by atoms with Gasteiger partial charge in [0, 0.05) is 12.6 Å². The molecule has 7 heteroatoms. The molecule has 0 aliphatic carbocycles. The van der Waals surface area contributed by atoms with E-state index >= 15 is 0 Å². The van der Waals surface area contributed by atoms with E-state index in [1.165, 1.54) is 26.4 Å². The van der Waals surface area contributed by atoms with Crippen LogP contribution < -0.4 is 14.2 Å². The van der Waals surface area contributed by atoms with Gasteiger partial charge in [0.25, 0.3) is 0 Å². The first-order chi connectivity index (χ1) is 11.0. The summed E-state index contributed by atoms with van der Waals surface area (Å²) in [6.07, 6.45) is 0.379. The number of ether oxygens (including phenoxy) is 2. The number of para-hydroxylation sites is 1. The van der Waals surface area contributed by atoms with Crippen molar-refractivity contribution in [1.29, 1.82) is 0 Å². The SMILES string of the molecule is COc1ccc(S(=O)(=O)NCCc2ccccc2O)c(OC)c1. The van der Waals surface area contributed by atoms with Gasteiger partial charge in [0.1, 0.15) is 22.1 Å². The molecular weight excluding hydrogens is 318 g/mol. The largest absolute Gasteiger partial charge is 0.508 e. The molecule has 0 aromatic heterocycles. The number of hydrogen-bond donors (Lipinski definition) is 2.